The summed E-state index contributed by atoms with van der Waals surface area (Å²) in [6, 6.07) is 11.9. The Bertz CT molecular complexity index is 1680. The smallest absolute Gasteiger partial charge is 0.336 e. The molecule has 1 amide bonds. The van der Waals surface area contributed by atoms with Crippen LogP contribution >= 0.6 is 23.2 Å². The molecule has 2 fully saturated rings. The summed E-state index contributed by atoms with van der Waals surface area (Å²) in [4.78, 5) is 54.8. The number of benzene rings is 2. The van der Waals surface area contributed by atoms with Crippen LogP contribution in [0.4, 0.5) is 0 Å². The van der Waals surface area contributed by atoms with Gasteiger partial charge in [0.25, 0.3) is 0 Å². The Morgan fingerprint density at radius 1 is 0.857 bits per heavy atom. The molecule has 2 atom stereocenters. The van der Waals surface area contributed by atoms with Crippen LogP contribution in [-0.4, -0.2) is 98.8 Å². The maximum Gasteiger partial charge on any atom is 0.336 e. The molecule has 2 unspecified atom stereocenters. The van der Waals surface area contributed by atoms with Gasteiger partial charge in [-0.15, -0.1) is 0 Å². The number of amides is 1. The summed E-state index contributed by atoms with van der Waals surface area (Å²) in [6.45, 7) is 3.28. The van der Waals surface area contributed by atoms with Crippen molar-refractivity contribution in [1.29, 1.82) is 0 Å². The first-order chi connectivity index (χ1) is 23.7. The Hall–Kier alpha value is -4.12. The Morgan fingerprint density at radius 3 is 2.14 bits per heavy atom. The van der Waals surface area contributed by atoms with Crippen LogP contribution < -0.4 is 10.1 Å². The minimum absolute atomic E-state index is 0.00507. The van der Waals surface area contributed by atoms with Crippen molar-refractivity contribution in [2.45, 2.75) is 44.1 Å². The van der Waals surface area contributed by atoms with E-state index in [-0.39, 0.29) is 45.6 Å². The summed E-state index contributed by atoms with van der Waals surface area (Å²) in [5, 5.41) is 8.15. The lowest BCUT2D eigenvalue weighted by molar-refractivity contribution is -0.138. The number of carbonyl (C=O) groups excluding carboxylic acids is 4. The third-order valence-corrected chi connectivity index (χ3v) is 9.91. The van der Waals surface area contributed by atoms with Crippen molar-refractivity contribution >= 4 is 47.0 Å². The summed E-state index contributed by atoms with van der Waals surface area (Å²) < 4.78 is 16.1. The van der Waals surface area contributed by atoms with Gasteiger partial charge in [-0.25, -0.2) is 24.4 Å². The normalized spacial score (nSPS) is 20.1. The first kappa shape index (κ1) is 36.2. The van der Waals surface area contributed by atoms with E-state index in [4.69, 9.17) is 37.4 Å². The maximum absolute atomic E-state index is 14.2. The highest BCUT2D eigenvalue weighted by atomic mass is 35.5. The fraction of sp³-hybridized carbons (Fsp3) is 0.417. The molecular formula is C36H40Cl2N4O7. The second kappa shape index (κ2) is 16.5. The van der Waals surface area contributed by atoms with Crippen molar-refractivity contribution in [3.63, 3.8) is 0 Å². The Balaban J connectivity index is 1.59. The fourth-order valence-electron chi connectivity index (χ4n) is 6.91. The lowest BCUT2D eigenvalue weighted by Gasteiger charge is -2.43. The molecule has 13 heteroatoms. The quantitative estimate of drug-likeness (QED) is 0.264. The third-order valence-electron chi connectivity index (χ3n) is 9.25. The summed E-state index contributed by atoms with van der Waals surface area (Å²) in [5.41, 5.74) is 1.97. The second-order valence-electron chi connectivity index (χ2n) is 12.0. The van der Waals surface area contributed by atoms with E-state index < -0.39 is 23.9 Å². The predicted octanol–water partition coefficient (Wildman–Crippen LogP) is 4.48. The second-order valence-corrected chi connectivity index (χ2v) is 12.8. The number of hydrogen-bond donors (Lipinski definition) is 1. The topological polar surface area (TPSA) is 118 Å². The molecule has 1 N–H and O–H groups in total. The molecule has 2 aromatic carbocycles. The predicted molar refractivity (Wildman–Crippen MR) is 184 cm³/mol. The molecule has 0 spiro atoms. The van der Waals surface area contributed by atoms with E-state index in [9.17, 15) is 19.2 Å². The SMILES string of the molecule is COC(=O)C1=C(CCc2ccccc2OC)NC(CC(=O)N2CCN(N3CCCC3)CC2C=C=O)=C(C(=O)OC)C1c1c(Cl)cccc1Cl. The molecule has 0 aromatic heterocycles. The zero-order chi connectivity index (χ0) is 35.1. The molecule has 3 heterocycles. The van der Waals surface area contributed by atoms with Gasteiger partial charge in [0.05, 0.1) is 50.9 Å². The largest absolute Gasteiger partial charge is 0.496 e. The first-order valence-electron chi connectivity index (χ1n) is 16.2. The molecule has 2 aromatic rings. The Labute approximate surface area is 296 Å². The molecule has 0 saturated carbocycles. The van der Waals surface area contributed by atoms with Gasteiger partial charge in [0.2, 0.25) is 5.91 Å². The van der Waals surface area contributed by atoms with E-state index in [0.29, 0.717) is 43.1 Å². The van der Waals surface area contributed by atoms with E-state index in [0.717, 1.165) is 31.5 Å². The highest BCUT2D eigenvalue weighted by Crippen LogP contribution is 2.46. The summed E-state index contributed by atoms with van der Waals surface area (Å²) >= 11 is 13.5. The van der Waals surface area contributed by atoms with Crippen LogP contribution in [0.2, 0.25) is 10.0 Å². The number of aryl methyl sites for hydroxylation is 1. The van der Waals surface area contributed by atoms with Crippen LogP contribution in [0.5, 0.6) is 5.75 Å². The molecule has 3 aliphatic heterocycles. The Morgan fingerprint density at radius 2 is 1.51 bits per heavy atom. The number of hydrogen-bond acceptors (Lipinski definition) is 10. The monoisotopic (exact) mass is 710 g/mol. The number of hydrazine groups is 1. The lowest BCUT2D eigenvalue weighted by atomic mass is 9.78. The van der Waals surface area contributed by atoms with E-state index >= 15 is 0 Å². The molecular weight excluding hydrogens is 671 g/mol. The maximum atomic E-state index is 14.2. The van der Waals surface area contributed by atoms with Gasteiger partial charge in [0.15, 0.2) is 0 Å². The number of esters is 2. The average molecular weight is 712 g/mol. The number of allylic oxidation sites excluding steroid dienone is 1. The van der Waals surface area contributed by atoms with Gasteiger partial charge >= 0.3 is 11.9 Å². The molecule has 2 saturated heterocycles. The number of piperazine rings is 1. The van der Waals surface area contributed by atoms with Gasteiger partial charge < -0.3 is 24.4 Å². The number of nitrogens with zero attached hydrogens (tertiary/aromatic N) is 3. The standard InChI is InChI=1S/C36H40Cl2N4O7/c1-47-29-12-5-4-9-23(29)13-14-27-32(35(45)48-2)34(31-25(37)10-8-11-26(31)38)33(36(46)49-3)28(39-27)21-30(44)42-19-18-41(22-24(42)15-20-43)40-16-6-7-17-40/h4-5,8-12,15,24,34,39H,6-7,13-14,16-19,21-22H2,1-3H3. The zero-order valence-corrected chi connectivity index (χ0v) is 29.3. The van der Waals surface area contributed by atoms with Crippen LogP contribution in [0.3, 0.4) is 0 Å². The first-order valence-corrected chi connectivity index (χ1v) is 16.9. The van der Waals surface area contributed by atoms with E-state index in [1.54, 1.807) is 30.2 Å². The summed E-state index contributed by atoms with van der Waals surface area (Å²) in [6.07, 6.45) is 4.02. The van der Waals surface area contributed by atoms with Crippen molar-refractivity contribution in [2.24, 2.45) is 0 Å². The highest BCUT2D eigenvalue weighted by molar-refractivity contribution is 6.36. The van der Waals surface area contributed by atoms with Crippen LogP contribution in [0.15, 0.2) is 71.1 Å². The van der Waals surface area contributed by atoms with E-state index in [2.05, 4.69) is 15.3 Å². The minimum atomic E-state index is -1.13. The molecule has 0 aliphatic carbocycles. The van der Waals surface area contributed by atoms with Crippen LogP contribution in [0, 0.1) is 0 Å². The zero-order valence-electron chi connectivity index (χ0n) is 27.8. The van der Waals surface area contributed by atoms with Crippen LogP contribution in [0.1, 0.15) is 42.7 Å². The highest BCUT2D eigenvalue weighted by Gasteiger charge is 2.42. The number of carbonyl (C=O) groups is 3. The number of halogens is 2. The fourth-order valence-corrected chi connectivity index (χ4v) is 7.53. The van der Waals surface area contributed by atoms with Crippen molar-refractivity contribution in [3.05, 3.63) is 92.3 Å². The van der Waals surface area contributed by atoms with Crippen LogP contribution in [0.25, 0.3) is 0 Å². The third kappa shape index (κ3) is 7.87. The number of dihydropyridines is 1. The molecule has 0 radical (unpaired) electrons. The summed E-state index contributed by atoms with van der Waals surface area (Å²) in [7, 11) is 4.06. The van der Waals surface area contributed by atoms with Gasteiger partial charge in [-0.1, -0.05) is 47.5 Å². The molecule has 49 heavy (non-hydrogen) atoms. The van der Waals surface area contributed by atoms with Gasteiger partial charge in [-0.3, -0.25) is 4.79 Å². The minimum Gasteiger partial charge on any atom is -0.496 e. The van der Waals surface area contributed by atoms with Gasteiger partial charge in [0, 0.05) is 65.8 Å². The Kier molecular flexibility index (Phi) is 12.2. The van der Waals surface area contributed by atoms with Crippen LogP contribution in [-0.2, 0) is 35.1 Å². The van der Waals surface area contributed by atoms with Crippen molar-refractivity contribution < 1.29 is 33.4 Å². The molecule has 5 rings (SSSR count). The number of nitrogens with one attached hydrogen (secondary N) is 1. The molecule has 260 valence electrons. The van der Waals surface area contributed by atoms with Crippen molar-refractivity contribution in [2.75, 3.05) is 54.1 Å². The number of para-hydroxylation sites is 1. The van der Waals surface area contributed by atoms with E-state index in [1.807, 2.05) is 30.2 Å². The number of ether oxygens (including phenoxy) is 3. The molecule has 0 bridgehead atoms. The number of methoxy groups -OCH3 is 3. The van der Waals surface area contributed by atoms with Gasteiger partial charge in [-0.2, -0.15) is 0 Å². The van der Waals surface area contributed by atoms with Gasteiger partial charge in [0.1, 0.15) is 11.7 Å². The lowest BCUT2D eigenvalue weighted by Crippen LogP contribution is -2.58. The van der Waals surface area contributed by atoms with E-state index in [1.165, 1.54) is 20.3 Å². The molecule has 11 nitrogen and oxygen atoms in total. The van der Waals surface area contributed by atoms with Crippen molar-refractivity contribution in [3.8, 4) is 5.75 Å². The van der Waals surface area contributed by atoms with Gasteiger partial charge in [-0.05, 0) is 49.4 Å². The molecule has 3 aliphatic rings. The summed E-state index contributed by atoms with van der Waals surface area (Å²) in [5.74, 6) is -0.383. The number of rotatable bonds is 11. The average Bonchev–Trinajstić information content (AvgIpc) is 3.65. The van der Waals surface area contributed by atoms with Crippen molar-refractivity contribution in [1.82, 2.24) is 20.2 Å².